The average Bonchev–Trinajstić information content (AvgIpc) is 2.00. The van der Waals surface area contributed by atoms with Crippen LogP contribution in [0.3, 0.4) is 0 Å². The van der Waals surface area contributed by atoms with Crippen molar-refractivity contribution in [2.45, 2.75) is 48.0 Å². The van der Waals surface area contributed by atoms with E-state index in [-0.39, 0.29) is 11.3 Å². The van der Waals surface area contributed by atoms with Crippen LogP contribution in [0.2, 0.25) is 0 Å². The Labute approximate surface area is 87.4 Å². The van der Waals surface area contributed by atoms with Crippen LogP contribution in [0.25, 0.3) is 0 Å². The van der Waals surface area contributed by atoms with Gasteiger partial charge < -0.3 is 0 Å². The lowest BCUT2D eigenvalue weighted by Gasteiger charge is -2.36. The van der Waals surface area contributed by atoms with Crippen LogP contribution in [-0.4, -0.2) is 5.91 Å². The van der Waals surface area contributed by atoms with E-state index < -0.39 is 5.41 Å². The molecule has 0 fully saturated rings. The summed E-state index contributed by atoms with van der Waals surface area (Å²) in [7, 11) is 0. The molecule has 0 saturated heterocycles. The van der Waals surface area contributed by atoms with E-state index in [1.165, 1.54) is 0 Å². The van der Waals surface area contributed by atoms with Crippen LogP contribution in [0.15, 0.2) is 0 Å². The van der Waals surface area contributed by atoms with E-state index in [0.29, 0.717) is 5.92 Å². The van der Waals surface area contributed by atoms with Crippen molar-refractivity contribution in [1.82, 2.24) is 5.43 Å². The number of hydrazine groups is 1. The molecule has 0 aromatic carbocycles. The quantitative estimate of drug-likeness (QED) is 0.415. The molecule has 0 aromatic heterocycles. The van der Waals surface area contributed by atoms with Crippen LogP contribution in [0.5, 0.6) is 0 Å². The Morgan fingerprint density at radius 1 is 1.29 bits per heavy atom. The molecule has 0 aliphatic carbocycles. The first kappa shape index (κ1) is 13.4. The number of nitrogens with two attached hydrogens (primary N) is 1. The summed E-state index contributed by atoms with van der Waals surface area (Å²) < 4.78 is 0. The molecule has 0 aliphatic rings. The maximum absolute atomic E-state index is 11.5. The van der Waals surface area contributed by atoms with Crippen molar-refractivity contribution in [2.24, 2.45) is 22.6 Å². The molecule has 14 heavy (non-hydrogen) atoms. The molecule has 0 heterocycles. The molecular weight excluding hydrogens is 176 g/mol. The second-order valence-corrected chi connectivity index (χ2v) is 5.68. The summed E-state index contributed by atoms with van der Waals surface area (Å²) in [5.74, 6) is 5.61. The molecule has 0 rings (SSSR count). The van der Waals surface area contributed by atoms with Gasteiger partial charge >= 0.3 is 0 Å². The highest BCUT2D eigenvalue weighted by Crippen LogP contribution is 2.38. The fourth-order valence-corrected chi connectivity index (χ4v) is 1.62. The van der Waals surface area contributed by atoms with E-state index in [0.717, 1.165) is 6.42 Å². The highest BCUT2D eigenvalue weighted by atomic mass is 16.2. The second-order valence-electron chi connectivity index (χ2n) is 5.68. The van der Waals surface area contributed by atoms with Gasteiger partial charge in [-0.1, -0.05) is 41.5 Å². The first-order chi connectivity index (χ1) is 6.13. The lowest BCUT2D eigenvalue weighted by atomic mass is 9.69. The Morgan fingerprint density at radius 3 is 2.00 bits per heavy atom. The van der Waals surface area contributed by atoms with Crippen molar-refractivity contribution in [3.05, 3.63) is 0 Å². The van der Waals surface area contributed by atoms with Crippen LogP contribution in [0, 0.1) is 16.7 Å². The Balaban J connectivity index is 4.58. The first-order valence-corrected chi connectivity index (χ1v) is 5.14. The van der Waals surface area contributed by atoms with Crippen molar-refractivity contribution < 1.29 is 4.79 Å². The van der Waals surface area contributed by atoms with E-state index >= 15 is 0 Å². The monoisotopic (exact) mass is 200 g/mol. The second kappa shape index (κ2) is 4.30. The van der Waals surface area contributed by atoms with Crippen LogP contribution in [0.1, 0.15) is 48.0 Å². The van der Waals surface area contributed by atoms with E-state index in [1.807, 2.05) is 13.8 Å². The number of rotatable bonds is 4. The van der Waals surface area contributed by atoms with Crippen molar-refractivity contribution in [3.8, 4) is 0 Å². The predicted molar refractivity (Wildman–Crippen MR) is 59.3 cm³/mol. The highest BCUT2D eigenvalue weighted by Gasteiger charge is 2.35. The lowest BCUT2D eigenvalue weighted by Crippen LogP contribution is -2.43. The highest BCUT2D eigenvalue weighted by molar-refractivity contribution is 5.81. The third kappa shape index (κ3) is 3.29. The minimum absolute atomic E-state index is 0.0915. The van der Waals surface area contributed by atoms with Crippen molar-refractivity contribution in [1.29, 1.82) is 0 Å². The van der Waals surface area contributed by atoms with Gasteiger partial charge in [0.1, 0.15) is 0 Å². The Kier molecular flexibility index (Phi) is 4.13. The normalized spacial score (nSPS) is 13.1. The molecule has 0 atom stereocenters. The molecule has 0 radical (unpaired) electrons. The number of carbonyl (C=O) groups is 1. The Bertz CT molecular complexity index is 207. The molecule has 0 saturated carbocycles. The molecule has 3 heteroatoms. The summed E-state index contributed by atoms with van der Waals surface area (Å²) in [6.07, 6.45) is 0.834. The molecule has 3 N–H and O–H groups in total. The summed E-state index contributed by atoms with van der Waals surface area (Å²) in [4.78, 5) is 11.5. The van der Waals surface area contributed by atoms with Gasteiger partial charge in [-0.2, -0.15) is 0 Å². The van der Waals surface area contributed by atoms with Crippen molar-refractivity contribution >= 4 is 5.91 Å². The Hall–Kier alpha value is -0.570. The van der Waals surface area contributed by atoms with Gasteiger partial charge in [-0.25, -0.2) is 5.84 Å². The maximum atomic E-state index is 11.5. The zero-order chi connectivity index (χ0) is 11.6. The van der Waals surface area contributed by atoms with Gasteiger partial charge in [0.15, 0.2) is 0 Å². The zero-order valence-electron chi connectivity index (χ0n) is 10.3. The average molecular weight is 200 g/mol. The molecular formula is C11H24N2O. The third-order valence-corrected chi connectivity index (χ3v) is 3.21. The van der Waals surface area contributed by atoms with Gasteiger partial charge in [-0.3, -0.25) is 10.2 Å². The van der Waals surface area contributed by atoms with E-state index in [9.17, 15) is 4.79 Å². The smallest absolute Gasteiger partial charge is 0.239 e. The summed E-state index contributed by atoms with van der Waals surface area (Å²) >= 11 is 0. The summed E-state index contributed by atoms with van der Waals surface area (Å²) in [5, 5.41) is 0. The van der Waals surface area contributed by atoms with Gasteiger partial charge in [0.25, 0.3) is 0 Å². The molecule has 0 unspecified atom stereocenters. The molecule has 84 valence electrons. The summed E-state index contributed by atoms with van der Waals surface area (Å²) in [5.41, 5.74) is 1.98. The minimum atomic E-state index is -0.400. The van der Waals surface area contributed by atoms with Crippen LogP contribution in [0.4, 0.5) is 0 Å². The fraction of sp³-hybridized carbons (Fsp3) is 0.909. The SMILES string of the molecule is CC(C)C(C)(C)CC(C)(C)C(=O)NN. The predicted octanol–water partition coefficient (Wildman–Crippen LogP) is 2.07. The molecule has 1 amide bonds. The van der Waals surface area contributed by atoms with Gasteiger partial charge in [0, 0.05) is 5.41 Å². The molecule has 0 bridgehead atoms. The van der Waals surface area contributed by atoms with Gasteiger partial charge in [-0.05, 0) is 17.8 Å². The van der Waals surface area contributed by atoms with Gasteiger partial charge in [0.05, 0.1) is 0 Å². The van der Waals surface area contributed by atoms with Gasteiger partial charge in [-0.15, -0.1) is 0 Å². The third-order valence-electron chi connectivity index (χ3n) is 3.21. The summed E-state index contributed by atoms with van der Waals surface area (Å²) in [6.45, 7) is 12.6. The van der Waals surface area contributed by atoms with Crippen molar-refractivity contribution in [2.75, 3.05) is 0 Å². The van der Waals surface area contributed by atoms with Crippen molar-refractivity contribution in [3.63, 3.8) is 0 Å². The number of hydrogen-bond acceptors (Lipinski definition) is 2. The number of carbonyl (C=O) groups excluding carboxylic acids is 1. The maximum Gasteiger partial charge on any atom is 0.239 e. The van der Waals surface area contributed by atoms with E-state index in [2.05, 4.69) is 33.1 Å². The zero-order valence-corrected chi connectivity index (χ0v) is 10.3. The molecule has 0 aliphatic heterocycles. The van der Waals surface area contributed by atoms with E-state index in [1.54, 1.807) is 0 Å². The van der Waals surface area contributed by atoms with E-state index in [4.69, 9.17) is 5.84 Å². The number of amides is 1. The fourth-order valence-electron chi connectivity index (χ4n) is 1.62. The standard InChI is InChI=1S/C11H24N2O/c1-8(2)10(3,4)7-11(5,6)9(14)13-12/h8H,7,12H2,1-6H3,(H,13,14). The first-order valence-electron chi connectivity index (χ1n) is 5.14. The number of hydrogen-bond donors (Lipinski definition) is 2. The van der Waals surface area contributed by atoms with Crippen LogP contribution < -0.4 is 11.3 Å². The van der Waals surface area contributed by atoms with Crippen LogP contribution >= 0.6 is 0 Å². The minimum Gasteiger partial charge on any atom is -0.294 e. The lowest BCUT2D eigenvalue weighted by molar-refractivity contribution is -0.131. The molecule has 0 aromatic rings. The summed E-state index contributed by atoms with van der Waals surface area (Å²) in [6, 6.07) is 0. The van der Waals surface area contributed by atoms with Gasteiger partial charge in [0.2, 0.25) is 5.91 Å². The Morgan fingerprint density at radius 2 is 1.71 bits per heavy atom. The number of nitrogens with one attached hydrogen (secondary N) is 1. The molecule has 3 nitrogen and oxygen atoms in total. The van der Waals surface area contributed by atoms with Crippen LogP contribution in [-0.2, 0) is 4.79 Å². The topological polar surface area (TPSA) is 55.1 Å². The molecule has 0 spiro atoms. The largest absolute Gasteiger partial charge is 0.294 e.